The van der Waals surface area contributed by atoms with Crippen molar-refractivity contribution < 1.29 is 0 Å². The first-order chi connectivity index (χ1) is 23.1. The summed E-state index contributed by atoms with van der Waals surface area (Å²) in [7, 11) is 4.16. The van der Waals surface area contributed by atoms with Crippen LogP contribution in [-0.2, 0) is 0 Å². The molecule has 0 aliphatic rings. The molecule has 0 spiro atoms. The van der Waals surface area contributed by atoms with Crippen LogP contribution in [0.5, 0.6) is 0 Å². The fourth-order valence-electron chi connectivity index (χ4n) is 6.67. The first-order valence-corrected chi connectivity index (χ1v) is 21.3. The summed E-state index contributed by atoms with van der Waals surface area (Å²) in [4.78, 5) is 17.9. The van der Waals surface area contributed by atoms with Gasteiger partial charge < -0.3 is 9.80 Å². The highest BCUT2D eigenvalue weighted by Gasteiger charge is 2.12. The summed E-state index contributed by atoms with van der Waals surface area (Å²) in [6.45, 7) is 6.51. The lowest BCUT2D eigenvalue weighted by atomic mass is 10.0. The van der Waals surface area contributed by atoms with Crippen LogP contribution in [0, 0.1) is 0 Å². The van der Waals surface area contributed by atoms with E-state index < -0.39 is 0 Å². The highest BCUT2D eigenvalue weighted by molar-refractivity contribution is 6.28. The molecule has 5 nitrogen and oxygen atoms in total. The molecule has 0 radical (unpaired) electrons. The van der Waals surface area contributed by atoms with Gasteiger partial charge in [0.25, 0.3) is 0 Å². The summed E-state index contributed by atoms with van der Waals surface area (Å²) in [5.41, 5.74) is 0. The summed E-state index contributed by atoms with van der Waals surface area (Å²) in [6, 6.07) is 0. The molecule has 0 atom stereocenters. The SMILES string of the molecule is CCCCCCCCCCCCCCCCCCN(C)c1nc(Cl)nc(N(C)CCCCCCCCCCCCCCCCCC)n1. The van der Waals surface area contributed by atoms with Gasteiger partial charge in [0.15, 0.2) is 0 Å². The number of unbranched alkanes of at least 4 members (excludes halogenated alkanes) is 30. The van der Waals surface area contributed by atoms with E-state index >= 15 is 0 Å². The van der Waals surface area contributed by atoms with Crippen LogP contribution in [0.3, 0.4) is 0 Å². The van der Waals surface area contributed by atoms with Crippen LogP contribution in [0.2, 0.25) is 5.28 Å². The minimum Gasteiger partial charge on any atom is -0.344 e. The maximum Gasteiger partial charge on any atom is 0.231 e. The summed E-state index contributed by atoms with van der Waals surface area (Å²) in [6.07, 6.45) is 44.5. The number of anilines is 2. The van der Waals surface area contributed by atoms with Crippen LogP contribution in [0.1, 0.15) is 219 Å². The molecule has 47 heavy (non-hydrogen) atoms. The lowest BCUT2D eigenvalue weighted by molar-refractivity contribution is 0.529. The van der Waals surface area contributed by atoms with Gasteiger partial charge in [-0.15, -0.1) is 0 Å². The third-order valence-corrected chi connectivity index (χ3v) is 10.1. The molecule has 0 amide bonds. The fraction of sp³-hybridized carbons (Fsp3) is 0.927. The van der Waals surface area contributed by atoms with Gasteiger partial charge in [0.2, 0.25) is 17.2 Å². The Morgan fingerprint density at radius 1 is 0.340 bits per heavy atom. The van der Waals surface area contributed by atoms with Gasteiger partial charge in [0, 0.05) is 27.2 Å². The standard InChI is InChI=1S/C41H80ClN5/c1-5-7-9-11-13-15-17-19-21-23-25-27-29-31-33-35-37-46(3)40-43-39(42)44-41(45-40)47(4)38-36-34-32-30-28-26-24-22-20-18-16-14-12-10-8-6-2/h5-38H2,1-4H3. The van der Waals surface area contributed by atoms with Crippen molar-refractivity contribution in [3.05, 3.63) is 5.28 Å². The van der Waals surface area contributed by atoms with E-state index in [1.807, 2.05) is 0 Å². The summed E-state index contributed by atoms with van der Waals surface area (Å²) >= 11 is 6.33. The van der Waals surface area contributed by atoms with Gasteiger partial charge in [-0.2, -0.15) is 15.0 Å². The van der Waals surface area contributed by atoms with Crippen molar-refractivity contribution in [1.29, 1.82) is 0 Å². The number of rotatable bonds is 36. The Balaban J connectivity index is 2.02. The molecule has 276 valence electrons. The molecule has 0 aromatic carbocycles. The van der Waals surface area contributed by atoms with E-state index in [-0.39, 0.29) is 0 Å². The molecule has 0 aliphatic carbocycles. The minimum absolute atomic E-state index is 0.294. The van der Waals surface area contributed by atoms with Crippen LogP contribution < -0.4 is 9.80 Å². The zero-order valence-corrected chi connectivity index (χ0v) is 32.9. The zero-order chi connectivity index (χ0) is 34.0. The summed E-state index contributed by atoms with van der Waals surface area (Å²) in [5, 5.41) is 0.294. The van der Waals surface area contributed by atoms with E-state index in [9.17, 15) is 0 Å². The molecule has 0 N–H and O–H groups in total. The molecular weight excluding hydrogens is 598 g/mol. The Labute approximate surface area is 299 Å². The van der Waals surface area contributed by atoms with E-state index in [2.05, 4.69) is 47.7 Å². The first kappa shape index (κ1) is 43.9. The van der Waals surface area contributed by atoms with Gasteiger partial charge in [-0.05, 0) is 24.4 Å². The van der Waals surface area contributed by atoms with Crippen LogP contribution in [0.25, 0.3) is 0 Å². The molecule has 0 saturated carbocycles. The number of halogens is 1. The number of aromatic nitrogens is 3. The molecule has 1 aromatic rings. The van der Waals surface area contributed by atoms with Crippen molar-refractivity contribution in [2.24, 2.45) is 0 Å². The summed E-state index contributed by atoms with van der Waals surface area (Å²) < 4.78 is 0. The zero-order valence-electron chi connectivity index (χ0n) is 32.2. The molecule has 1 rings (SSSR count). The van der Waals surface area contributed by atoms with Crippen molar-refractivity contribution in [1.82, 2.24) is 15.0 Å². The average molecular weight is 679 g/mol. The number of hydrogen-bond donors (Lipinski definition) is 0. The quantitative estimate of drug-likeness (QED) is 0.0661. The molecule has 0 aliphatic heterocycles. The van der Waals surface area contributed by atoms with Crippen molar-refractivity contribution >= 4 is 23.5 Å². The minimum atomic E-state index is 0.294. The van der Waals surface area contributed by atoms with Gasteiger partial charge in [-0.25, -0.2) is 0 Å². The normalized spacial score (nSPS) is 11.4. The van der Waals surface area contributed by atoms with Gasteiger partial charge in [-0.1, -0.05) is 206 Å². The molecule has 0 unspecified atom stereocenters. The Kier molecular flexibility index (Phi) is 31.2. The predicted octanol–water partition coefficient (Wildman–Crippen LogP) is 13.9. The Bertz CT molecular complexity index is 731. The molecule has 0 bridgehead atoms. The van der Waals surface area contributed by atoms with Crippen molar-refractivity contribution in [2.45, 2.75) is 219 Å². The second-order valence-electron chi connectivity index (χ2n) is 14.7. The number of nitrogens with zero attached hydrogens (tertiary/aromatic N) is 5. The average Bonchev–Trinajstić information content (AvgIpc) is 3.07. The highest BCUT2D eigenvalue weighted by atomic mass is 35.5. The second-order valence-corrected chi connectivity index (χ2v) is 15.0. The lowest BCUT2D eigenvalue weighted by Crippen LogP contribution is -2.25. The van der Waals surface area contributed by atoms with Gasteiger partial charge in [0.05, 0.1) is 0 Å². The van der Waals surface area contributed by atoms with Gasteiger partial charge >= 0.3 is 0 Å². The van der Waals surface area contributed by atoms with E-state index in [1.54, 1.807) is 0 Å². The van der Waals surface area contributed by atoms with Crippen LogP contribution >= 0.6 is 11.6 Å². The third-order valence-electron chi connectivity index (χ3n) is 9.96. The fourth-order valence-corrected chi connectivity index (χ4v) is 6.82. The monoisotopic (exact) mass is 678 g/mol. The molecule has 1 heterocycles. The van der Waals surface area contributed by atoms with Crippen molar-refractivity contribution in [3.8, 4) is 0 Å². The van der Waals surface area contributed by atoms with E-state index in [0.29, 0.717) is 17.2 Å². The Morgan fingerprint density at radius 3 is 0.787 bits per heavy atom. The third kappa shape index (κ3) is 27.4. The first-order valence-electron chi connectivity index (χ1n) is 20.9. The topological polar surface area (TPSA) is 45.2 Å². The maximum absolute atomic E-state index is 6.33. The lowest BCUT2D eigenvalue weighted by Gasteiger charge is -2.21. The largest absolute Gasteiger partial charge is 0.344 e. The van der Waals surface area contributed by atoms with Gasteiger partial charge in [-0.3, -0.25) is 0 Å². The summed E-state index contributed by atoms with van der Waals surface area (Å²) in [5.74, 6) is 1.39. The van der Waals surface area contributed by atoms with E-state index in [0.717, 1.165) is 13.1 Å². The Hall–Kier alpha value is -1.10. The van der Waals surface area contributed by atoms with Crippen molar-refractivity contribution in [2.75, 3.05) is 37.0 Å². The molecule has 0 saturated heterocycles. The molecule has 1 aromatic heterocycles. The number of hydrogen-bond acceptors (Lipinski definition) is 5. The van der Waals surface area contributed by atoms with Crippen LogP contribution in [0.15, 0.2) is 0 Å². The van der Waals surface area contributed by atoms with Crippen LogP contribution in [-0.4, -0.2) is 42.1 Å². The highest BCUT2D eigenvalue weighted by Crippen LogP contribution is 2.19. The van der Waals surface area contributed by atoms with E-state index in [1.165, 1.54) is 205 Å². The molecular formula is C41H80ClN5. The Morgan fingerprint density at radius 2 is 0.553 bits per heavy atom. The second kappa shape index (κ2) is 33.4. The van der Waals surface area contributed by atoms with E-state index in [4.69, 9.17) is 16.6 Å². The van der Waals surface area contributed by atoms with Crippen molar-refractivity contribution in [3.63, 3.8) is 0 Å². The maximum atomic E-state index is 6.33. The molecule has 6 heteroatoms. The smallest absolute Gasteiger partial charge is 0.231 e. The predicted molar refractivity (Wildman–Crippen MR) is 210 cm³/mol. The van der Waals surface area contributed by atoms with Crippen LogP contribution in [0.4, 0.5) is 11.9 Å². The molecule has 0 fully saturated rings. The van der Waals surface area contributed by atoms with Gasteiger partial charge in [0.1, 0.15) is 0 Å².